The molecular formula is C26H35N7O6S. The maximum Gasteiger partial charge on any atom is 0.323 e. The van der Waals surface area contributed by atoms with E-state index in [9.17, 15) is 27.9 Å². The summed E-state index contributed by atoms with van der Waals surface area (Å²) in [6.07, 6.45) is 3.86. The Morgan fingerprint density at radius 2 is 2.02 bits per heavy atom. The van der Waals surface area contributed by atoms with Gasteiger partial charge in [0.05, 0.1) is 11.9 Å². The fourth-order valence-electron chi connectivity index (χ4n) is 4.98. The van der Waals surface area contributed by atoms with Gasteiger partial charge in [0.25, 0.3) is 0 Å². The third kappa shape index (κ3) is 7.24. The van der Waals surface area contributed by atoms with E-state index >= 15 is 0 Å². The van der Waals surface area contributed by atoms with Crippen molar-refractivity contribution < 1.29 is 27.9 Å². The number of pyridine rings is 1. The van der Waals surface area contributed by atoms with Crippen molar-refractivity contribution in [2.24, 2.45) is 11.7 Å². The lowest BCUT2D eigenvalue weighted by atomic mass is 9.98. The molecule has 40 heavy (non-hydrogen) atoms. The molecule has 13 nitrogen and oxygen atoms in total. The van der Waals surface area contributed by atoms with Gasteiger partial charge in [0.2, 0.25) is 21.8 Å². The van der Waals surface area contributed by atoms with Gasteiger partial charge in [-0.1, -0.05) is 12.1 Å². The number of nitrogens with one attached hydrogen (secondary N) is 3. The van der Waals surface area contributed by atoms with Gasteiger partial charge in [-0.2, -0.15) is 4.72 Å². The summed E-state index contributed by atoms with van der Waals surface area (Å²) < 4.78 is 29.5. The van der Waals surface area contributed by atoms with Crippen LogP contribution >= 0.6 is 0 Å². The highest BCUT2D eigenvalue weighted by Gasteiger charge is 2.39. The molecule has 0 bridgehead atoms. The minimum absolute atomic E-state index is 0.0345. The largest absolute Gasteiger partial charge is 0.480 e. The summed E-state index contributed by atoms with van der Waals surface area (Å²) in [4.78, 5) is 45.0. The van der Waals surface area contributed by atoms with Crippen molar-refractivity contribution in [3.8, 4) is 0 Å². The molecule has 1 aromatic heterocycles. The van der Waals surface area contributed by atoms with Crippen LogP contribution in [0, 0.1) is 18.3 Å². The summed E-state index contributed by atoms with van der Waals surface area (Å²) in [5.74, 6) is -2.56. The minimum atomic E-state index is -4.34. The normalized spacial score (nSPS) is 18.2. The number of aliphatic carboxylic acids is 1. The highest BCUT2D eigenvalue weighted by atomic mass is 32.2. The Morgan fingerprint density at radius 3 is 2.70 bits per heavy atom. The van der Waals surface area contributed by atoms with Crippen LogP contribution in [0.15, 0.2) is 35.4 Å². The van der Waals surface area contributed by atoms with Crippen molar-refractivity contribution in [1.29, 1.82) is 5.41 Å². The topological polar surface area (TPSA) is 199 Å². The Bertz CT molecular complexity index is 1410. The number of likely N-dealkylation sites (tertiary alicyclic amines) is 1. The quantitative estimate of drug-likeness (QED) is 0.186. The number of nitrogens with two attached hydrogens (primary N) is 1. The summed E-state index contributed by atoms with van der Waals surface area (Å²) in [6, 6.07) is 4.61. The summed E-state index contributed by atoms with van der Waals surface area (Å²) in [5.41, 5.74) is 6.65. The number of piperidine rings is 1. The average Bonchev–Trinajstić information content (AvgIpc) is 3.74. The Morgan fingerprint density at radius 1 is 1.27 bits per heavy atom. The van der Waals surface area contributed by atoms with Gasteiger partial charge in [-0.05, 0) is 56.2 Å². The average molecular weight is 574 g/mol. The third-order valence-electron chi connectivity index (χ3n) is 7.11. The van der Waals surface area contributed by atoms with Gasteiger partial charge < -0.3 is 26.0 Å². The minimum Gasteiger partial charge on any atom is -0.480 e. The number of aryl methyl sites for hydroxylation is 1. The number of rotatable bonds is 11. The molecule has 2 aliphatic rings. The van der Waals surface area contributed by atoms with E-state index in [2.05, 4.69) is 15.0 Å². The van der Waals surface area contributed by atoms with E-state index < -0.39 is 46.8 Å². The number of hydrogen-bond acceptors (Lipinski definition) is 7. The van der Waals surface area contributed by atoms with E-state index in [0.29, 0.717) is 31.3 Å². The molecule has 0 spiro atoms. The van der Waals surface area contributed by atoms with Crippen LogP contribution in [-0.4, -0.2) is 90.3 Å². The van der Waals surface area contributed by atoms with Gasteiger partial charge in [-0.25, -0.2) is 8.42 Å². The number of amides is 2. The molecule has 216 valence electrons. The van der Waals surface area contributed by atoms with Crippen molar-refractivity contribution >= 4 is 44.7 Å². The highest BCUT2D eigenvalue weighted by Crippen LogP contribution is 2.28. The SMILES string of the molecule is Cc1cnc2c(S(=O)(=O)N[C@@H](CC(=O)NC[C@@H]3CCCN(C(=N)N)C3)C(=O)N(CC(=O)O)C3CC3)cccc2c1. The van der Waals surface area contributed by atoms with Gasteiger partial charge in [0.1, 0.15) is 17.5 Å². The fourth-order valence-corrected chi connectivity index (χ4v) is 6.34. The molecule has 2 aromatic rings. The first-order valence-electron chi connectivity index (χ1n) is 13.2. The number of nitrogens with zero attached hydrogens (tertiary/aromatic N) is 3. The van der Waals surface area contributed by atoms with Crippen molar-refractivity contribution in [2.45, 2.75) is 56.0 Å². The molecule has 2 fully saturated rings. The first-order chi connectivity index (χ1) is 18.9. The lowest BCUT2D eigenvalue weighted by Gasteiger charge is -2.33. The fraction of sp³-hybridized carbons (Fsp3) is 0.500. The predicted octanol–water partition coefficient (Wildman–Crippen LogP) is 0.377. The maximum atomic E-state index is 13.6. The number of fused-ring (bicyclic) bond motifs is 1. The van der Waals surface area contributed by atoms with Crippen molar-refractivity contribution in [2.75, 3.05) is 26.2 Å². The van der Waals surface area contributed by atoms with E-state index in [1.165, 1.54) is 12.3 Å². The lowest BCUT2D eigenvalue weighted by molar-refractivity contribution is -0.146. The Kier molecular flexibility index (Phi) is 8.88. The number of carbonyl (C=O) groups excluding carboxylic acids is 2. The van der Waals surface area contributed by atoms with Crippen LogP contribution in [0.3, 0.4) is 0 Å². The van der Waals surface area contributed by atoms with Crippen LogP contribution in [0.1, 0.15) is 37.7 Å². The molecule has 2 atom stereocenters. The molecule has 2 amide bonds. The third-order valence-corrected chi connectivity index (χ3v) is 8.61. The van der Waals surface area contributed by atoms with E-state index in [-0.39, 0.29) is 34.9 Å². The number of hydrogen-bond donors (Lipinski definition) is 5. The monoisotopic (exact) mass is 573 g/mol. The first-order valence-corrected chi connectivity index (χ1v) is 14.7. The maximum absolute atomic E-state index is 13.6. The summed E-state index contributed by atoms with van der Waals surface area (Å²) in [5, 5.41) is 20.4. The van der Waals surface area contributed by atoms with Gasteiger partial charge in [0, 0.05) is 37.3 Å². The van der Waals surface area contributed by atoms with Gasteiger partial charge in [-0.15, -0.1) is 0 Å². The number of aromatic nitrogens is 1. The van der Waals surface area contributed by atoms with Crippen LogP contribution < -0.4 is 15.8 Å². The Balaban J connectivity index is 1.54. The van der Waals surface area contributed by atoms with Crippen LogP contribution in [0.25, 0.3) is 10.9 Å². The highest BCUT2D eigenvalue weighted by molar-refractivity contribution is 7.89. The summed E-state index contributed by atoms with van der Waals surface area (Å²) >= 11 is 0. The number of carbonyl (C=O) groups is 3. The number of carboxylic acid groups (broad SMARTS) is 1. The second-order valence-electron chi connectivity index (χ2n) is 10.5. The molecule has 1 saturated carbocycles. The lowest BCUT2D eigenvalue weighted by Crippen LogP contribution is -2.52. The van der Waals surface area contributed by atoms with E-state index in [4.69, 9.17) is 11.1 Å². The second-order valence-corrected chi connectivity index (χ2v) is 12.1. The zero-order valence-electron chi connectivity index (χ0n) is 22.3. The molecule has 0 unspecified atom stereocenters. The zero-order valence-corrected chi connectivity index (χ0v) is 23.1. The number of carboxylic acids is 1. The Hall–Kier alpha value is -3.78. The van der Waals surface area contributed by atoms with E-state index in [0.717, 1.165) is 23.3 Å². The van der Waals surface area contributed by atoms with Gasteiger partial charge >= 0.3 is 5.97 Å². The smallest absolute Gasteiger partial charge is 0.323 e. The number of guanidine groups is 1. The molecule has 1 aliphatic carbocycles. The van der Waals surface area contributed by atoms with Crippen molar-refractivity contribution in [3.05, 3.63) is 36.0 Å². The molecule has 2 heterocycles. The van der Waals surface area contributed by atoms with Crippen LogP contribution in [0.4, 0.5) is 0 Å². The Labute approximate surface area is 232 Å². The van der Waals surface area contributed by atoms with E-state index in [1.54, 1.807) is 23.1 Å². The summed E-state index contributed by atoms with van der Waals surface area (Å²) in [6.45, 7) is 2.68. The predicted molar refractivity (Wildman–Crippen MR) is 147 cm³/mol. The first kappa shape index (κ1) is 29.2. The molecule has 1 saturated heterocycles. The van der Waals surface area contributed by atoms with Crippen molar-refractivity contribution in [3.63, 3.8) is 0 Å². The second kappa shape index (κ2) is 12.2. The molecule has 0 radical (unpaired) electrons. The number of benzene rings is 1. The summed E-state index contributed by atoms with van der Waals surface area (Å²) in [7, 11) is -4.34. The standard InChI is InChI=1S/C26H35N7O6S/c1-16-10-18-5-2-6-21(24(18)30-12-16)40(38,39)31-20(25(37)33(15-23(35)36)19-7-8-19)11-22(34)29-13-17-4-3-9-32(14-17)26(27)28/h2,5-6,10,12,17,19-20,31H,3-4,7-9,11,13-15H2,1H3,(H3,27,28)(H,29,34)(H,35,36)/t17-,20-/m0/s1. The van der Waals surface area contributed by atoms with Crippen LogP contribution in [-0.2, 0) is 24.4 Å². The molecular weight excluding hydrogens is 538 g/mol. The molecule has 6 N–H and O–H groups in total. The molecule has 14 heteroatoms. The molecule has 4 rings (SSSR count). The van der Waals surface area contributed by atoms with Crippen LogP contribution in [0.2, 0.25) is 0 Å². The van der Waals surface area contributed by atoms with Gasteiger partial charge in [-0.3, -0.25) is 24.8 Å². The number of para-hydroxylation sites is 1. The van der Waals surface area contributed by atoms with Crippen molar-refractivity contribution in [1.82, 2.24) is 24.8 Å². The van der Waals surface area contributed by atoms with E-state index in [1.807, 2.05) is 6.92 Å². The number of sulfonamides is 1. The molecule has 1 aliphatic heterocycles. The van der Waals surface area contributed by atoms with Crippen LogP contribution in [0.5, 0.6) is 0 Å². The molecule has 1 aromatic carbocycles. The van der Waals surface area contributed by atoms with Gasteiger partial charge in [0.15, 0.2) is 5.96 Å². The zero-order chi connectivity index (χ0) is 29.0.